The molecule has 0 saturated carbocycles. The van der Waals surface area contributed by atoms with Gasteiger partial charge in [0.05, 0.1) is 18.8 Å². The van der Waals surface area contributed by atoms with E-state index in [-0.39, 0.29) is 12.1 Å². The van der Waals surface area contributed by atoms with Crippen molar-refractivity contribution in [2.24, 2.45) is 0 Å². The summed E-state index contributed by atoms with van der Waals surface area (Å²) in [5.41, 5.74) is 4.18. The summed E-state index contributed by atoms with van der Waals surface area (Å²) in [6.45, 7) is 0.512. The number of pyridine rings is 1. The Morgan fingerprint density at radius 1 is 1.03 bits per heavy atom. The van der Waals surface area contributed by atoms with Crippen molar-refractivity contribution in [2.75, 3.05) is 11.9 Å². The third-order valence-corrected chi connectivity index (χ3v) is 5.16. The summed E-state index contributed by atoms with van der Waals surface area (Å²) in [5.74, 6) is 6.30. The lowest BCUT2D eigenvalue weighted by Crippen LogP contribution is -2.33. The molecule has 1 aliphatic heterocycles. The molecule has 4 aromatic rings. The Kier molecular flexibility index (Phi) is 5.09. The molecular weight excluding hydrogens is 388 g/mol. The Morgan fingerprint density at radius 2 is 1.90 bits per heavy atom. The molecule has 31 heavy (non-hydrogen) atoms. The monoisotopic (exact) mass is 408 g/mol. The molecule has 0 bridgehead atoms. The zero-order chi connectivity index (χ0) is 21.0. The minimum atomic E-state index is -0.293. The largest absolute Gasteiger partial charge is 0.346 e. The molecule has 1 saturated heterocycles. The second kappa shape index (κ2) is 8.34. The maximum atomic E-state index is 12.8. The molecule has 0 unspecified atom stereocenters. The number of imidazole rings is 1. The molecule has 1 N–H and O–H groups in total. The van der Waals surface area contributed by atoms with Gasteiger partial charge < -0.3 is 5.32 Å². The van der Waals surface area contributed by atoms with Gasteiger partial charge in [0.1, 0.15) is 11.3 Å². The molecule has 0 aliphatic carbocycles. The minimum absolute atomic E-state index is 0.0979. The van der Waals surface area contributed by atoms with Crippen LogP contribution in [-0.2, 0) is 4.84 Å². The number of anilines is 1. The van der Waals surface area contributed by atoms with E-state index < -0.39 is 0 Å². The number of nitrogens with one attached hydrogen (secondary N) is 1. The standard InChI is InChI=1S/C25H20N4O2/c30-25(29-23(14-16-31-29)20-8-2-1-3-9-20)27-21-10-6-7-19(17-21)12-13-22-18-26-24-11-4-5-15-28(22)24/h1-11,15,17-18,23H,14,16H2,(H,27,30)/t23-/m0/s1. The first kappa shape index (κ1) is 18.9. The first-order valence-corrected chi connectivity index (χ1v) is 10.1. The Morgan fingerprint density at radius 3 is 2.81 bits per heavy atom. The van der Waals surface area contributed by atoms with Crippen LogP contribution in [0.25, 0.3) is 5.65 Å². The van der Waals surface area contributed by atoms with Gasteiger partial charge in [0, 0.05) is 23.9 Å². The third kappa shape index (κ3) is 4.00. The number of rotatable bonds is 2. The predicted octanol–water partition coefficient (Wildman–Crippen LogP) is 4.64. The molecule has 6 nitrogen and oxygen atoms in total. The van der Waals surface area contributed by atoms with E-state index in [1.165, 1.54) is 5.06 Å². The van der Waals surface area contributed by atoms with Crippen LogP contribution in [0.3, 0.4) is 0 Å². The fraction of sp³-hybridized carbons (Fsp3) is 0.120. The Labute approximate surface area is 180 Å². The van der Waals surface area contributed by atoms with Crippen molar-refractivity contribution < 1.29 is 9.63 Å². The van der Waals surface area contributed by atoms with E-state index in [9.17, 15) is 4.79 Å². The highest BCUT2D eigenvalue weighted by Gasteiger charge is 2.31. The number of hydroxylamine groups is 2. The summed E-state index contributed by atoms with van der Waals surface area (Å²) in [5, 5.41) is 4.35. The van der Waals surface area contributed by atoms with Crippen molar-refractivity contribution in [3.8, 4) is 11.8 Å². The molecule has 6 heteroatoms. The summed E-state index contributed by atoms with van der Waals surface area (Å²) < 4.78 is 1.94. The number of carbonyl (C=O) groups excluding carboxylic acids is 1. The Hall–Kier alpha value is -4.08. The van der Waals surface area contributed by atoms with Crippen LogP contribution in [0.15, 0.2) is 85.2 Å². The first-order chi connectivity index (χ1) is 15.3. The summed E-state index contributed by atoms with van der Waals surface area (Å²) >= 11 is 0. The summed E-state index contributed by atoms with van der Waals surface area (Å²) in [6, 6.07) is 22.8. The van der Waals surface area contributed by atoms with Crippen molar-refractivity contribution in [2.45, 2.75) is 12.5 Å². The first-order valence-electron chi connectivity index (χ1n) is 10.1. The van der Waals surface area contributed by atoms with Gasteiger partial charge in [-0.1, -0.05) is 48.4 Å². The van der Waals surface area contributed by atoms with Crippen molar-refractivity contribution >= 4 is 17.4 Å². The fourth-order valence-electron chi connectivity index (χ4n) is 3.66. The van der Waals surface area contributed by atoms with Gasteiger partial charge in [0.25, 0.3) is 0 Å². The van der Waals surface area contributed by atoms with Crippen LogP contribution >= 0.6 is 0 Å². The van der Waals surface area contributed by atoms with E-state index in [0.717, 1.165) is 28.9 Å². The number of aromatic nitrogens is 2. The zero-order valence-corrected chi connectivity index (χ0v) is 16.7. The summed E-state index contributed by atoms with van der Waals surface area (Å²) in [4.78, 5) is 22.8. The van der Waals surface area contributed by atoms with Gasteiger partial charge in [-0.15, -0.1) is 0 Å². The quantitative estimate of drug-likeness (QED) is 0.492. The maximum absolute atomic E-state index is 12.8. The second-order valence-corrected chi connectivity index (χ2v) is 7.21. The average molecular weight is 408 g/mol. The molecule has 152 valence electrons. The molecule has 1 aliphatic rings. The highest BCUT2D eigenvalue weighted by molar-refractivity contribution is 5.89. The molecule has 0 radical (unpaired) electrons. The van der Waals surface area contributed by atoms with E-state index >= 15 is 0 Å². The van der Waals surface area contributed by atoms with Crippen LogP contribution in [0.1, 0.15) is 29.3 Å². The van der Waals surface area contributed by atoms with Crippen LogP contribution in [-0.4, -0.2) is 27.1 Å². The SMILES string of the molecule is O=C(Nc1cccc(C#Cc2cnc3ccccn23)c1)N1OCC[C@H]1c1ccccc1. The van der Waals surface area contributed by atoms with Crippen molar-refractivity contribution in [3.63, 3.8) is 0 Å². The van der Waals surface area contributed by atoms with Crippen molar-refractivity contribution in [1.29, 1.82) is 0 Å². The zero-order valence-electron chi connectivity index (χ0n) is 16.7. The summed E-state index contributed by atoms with van der Waals surface area (Å²) in [6.07, 6.45) is 4.45. The number of urea groups is 1. The van der Waals surface area contributed by atoms with Crippen molar-refractivity contribution in [1.82, 2.24) is 14.4 Å². The van der Waals surface area contributed by atoms with Crippen LogP contribution in [0, 0.1) is 11.8 Å². The van der Waals surface area contributed by atoms with Crippen LogP contribution in [0.4, 0.5) is 10.5 Å². The number of nitrogens with zero attached hydrogens (tertiary/aromatic N) is 3. The van der Waals surface area contributed by atoms with Crippen LogP contribution in [0.5, 0.6) is 0 Å². The molecular formula is C25H20N4O2. The fourth-order valence-corrected chi connectivity index (χ4v) is 3.66. The minimum Gasteiger partial charge on any atom is -0.306 e. The lowest BCUT2D eigenvalue weighted by Gasteiger charge is -2.23. The van der Waals surface area contributed by atoms with Gasteiger partial charge in [0.2, 0.25) is 0 Å². The molecule has 2 aromatic carbocycles. The number of hydrogen-bond donors (Lipinski definition) is 1. The predicted molar refractivity (Wildman–Crippen MR) is 118 cm³/mol. The number of carbonyl (C=O) groups is 1. The van der Waals surface area contributed by atoms with Crippen LogP contribution < -0.4 is 5.32 Å². The van der Waals surface area contributed by atoms with Gasteiger partial charge in [0.15, 0.2) is 0 Å². The molecule has 2 amide bonds. The molecule has 0 spiro atoms. The van der Waals surface area contributed by atoms with Crippen molar-refractivity contribution in [3.05, 3.63) is 102 Å². The van der Waals surface area contributed by atoms with Gasteiger partial charge in [-0.05, 0) is 41.8 Å². The summed E-state index contributed by atoms with van der Waals surface area (Å²) in [7, 11) is 0. The van der Waals surface area contributed by atoms with E-state index in [1.807, 2.05) is 83.4 Å². The van der Waals surface area contributed by atoms with E-state index in [1.54, 1.807) is 6.20 Å². The van der Waals surface area contributed by atoms with E-state index in [0.29, 0.717) is 12.3 Å². The number of fused-ring (bicyclic) bond motifs is 1. The Bertz CT molecular complexity index is 1290. The van der Waals surface area contributed by atoms with E-state index in [4.69, 9.17) is 4.84 Å². The van der Waals surface area contributed by atoms with E-state index in [2.05, 4.69) is 22.1 Å². The Balaban J connectivity index is 1.32. The molecule has 1 atom stereocenters. The van der Waals surface area contributed by atoms with Gasteiger partial charge >= 0.3 is 6.03 Å². The maximum Gasteiger partial charge on any atom is 0.346 e. The molecule has 2 aromatic heterocycles. The van der Waals surface area contributed by atoms with Gasteiger partial charge in [-0.25, -0.2) is 9.78 Å². The number of hydrogen-bond acceptors (Lipinski definition) is 3. The molecule has 1 fully saturated rings. The van der Waals surface area contributed by atoms with Gasteiger partial charge in [-0.3, -0.25) is 9.24 Å². The van der Waals surface area contributed by atoms with Crippen LogP contribution in [0.2, 0.25) is 0 Å². The normalized spacial score (nSPS) is 15.5. The highest BCUT2D eigenvalue weighted by Crippen LogP contribution is 2.30. The highest BCUT2D eigenvalue weighted by atomic mass is 16.7. The lowest BCUT2D eigenvalue weighted by atomic mass is 10.1. The van der Waals surface area contributed by atoms with Gasteiger partial charge in [-0.2, -0.15) is 5.06 Å². The molecule has 5 rings (SSSR count). The lowest BCUT2D eigenvalue weighted by molar-refractivity contribution is -0.0829. The second-order valence-electron chi connectivity index (χ2n) is 7.21. The molecule has 3 heterocycles. The number of benzene rings is 2. The average Bonchev–Trinajstić information content (AvgIpc) is 3.46. The smallest absolute Gasteiger partial charge is 0.306 e. The topological polar surface area (TPSA) is 58.9 Å². The number of amides is 2. The third-order valence-electron chi connectivity index (χ3n) is 5.16.